The molecule has 0 radical (unpaired) electrons. The first-order valence-electron chi connectivity index (χ1n) is 5.56. The zero-order chi connectivity index (χ0) is 12.3. The van der Waals surface area contributed by atoms with Crippen LogP contribution >= 0.6 is 15.9 Å². The maximum absolute atomic E-state index is 12.1. The third-order valence-electron chi connectivity index (χ3n) is 2.74. The normalized spacial score (nSPS) is 21.4. The monoisotopic (exact) mass is 318 g/mol. The summed E-state index contributed by atoms with van der Waals surface area (Å²) in [6, 6.07) is 6.66. The Morgan fingerprint density at radius 3 is 2.59 bits per heavy atom. The smallest absolute Gasteiger partial charge is 0.240 e. The first kappa shape index (κ1) is 13.0. The molecule has 1 atom stereocenters. The fraction of sp³-hybridized carbons (Fsp3) is 0.455. The molecule has 0 spiro atoms. The molecule has 6 heteroatoms. The van der Waals surface area contributed by atoms with Crippen molar-refractivity contribution < 1.29 is 8.42 Å². The molecule has 2 rings (SSSR count). The zero-order valence-electron chi connectivity index (χ0n) is 9.32. The van der Waals surface area contributed by atoms with Gasteiger partial charge < -0.3 is 5.32 Å². The first-order chi connectivity index (χ1) is 8.08. The average Bonchev–Trinajstić information content (AvgIpc) is 2.30. The van der Waals surface area contributed by atoms with E-state index in [1.54, 1.807) is 24.3 Å². The molecule has 1 aromatic rings. The van der Waals surface area contributed by atoms with Gasteiger partial charge in [0.05, 0.1) is 4.90 Å². The number of sulfonamides is 1. The van der Waals surface area contributed by atoms with E-state index in [1.807, 2.05) is 0 Å². The molecule has 0 aliphatic carbocycles. The van der Waals surface area contributed by atoms with Crippen molar-refractivity contribution in [2.24, 2.45) is 0 Å². The summed E-state index contributed by atoms with van der Waals surface area (Å²) in [4.78, 5) is 0.311. The molecule has 17 heavy (non-hydrogen) atoms. The van der Waals surface area contributed by atoms with E-state index < -0.39 is 10.0 Å². The minimum atomic E-state index is -3.39. The summed E-state index contributed by atoms with van der Waals surface area (Å²) in [6.45, 7) is 1.67. The van der Waals surface area contributed by atoms with E-state index in [1.165, 1.54) is 0 Å². The van der Waals surface area contributed by atoms with Gasteiger partial charge in [-0.05, 0) is 43.7 Å². The van der Waals surface area contributed by atoms with Crippen molar-refractivity contribution in [3.63, 3.8) is 0 Å². The van der Waals surface area contributed by atoms with Crippen LogP contribution in [0.15, 0.2) is 33.6 Å². The predicted molar refractivity (Wildman–Crippen MR) is 70.4 cm³/mol. The highest BCUT2D eigenvalue weighted by atomic mass is 79.9. The van der Waals surface area contributed by atoms with Crippen molar-refractivity contribution >= 4 is 26.0 Å². The van der Waals surface area contributed by atoms with E-state index in [9.17, 15) is 8.42 Å². The van der Waals surface area contributed by atoms with Gasteiger partial charge in [-0.1, -0.05) is 15.9 Å². The van der Waals surface area contributed by atoms with Crippen LogP contribution in [0.5, 0.6) is 0 Å². The third kappa shape index (κ3) is 3.51. The van der Waals surface area contributed by atoms with E-state index in [-0.39, 0.29) is 6.04 Å². The summed E-state index contributed by atoms with van der Waals surface area (Å²) in [5.41, 5.74) is 0. The molecule has 1 unspecified atom stereocenters. The van der Waals surface area contributed by atoms with Gasteiger partial charge in [0.15, 0.2) is 0 Å². The van der Waals surface area contributed by atoms with Gasteiger partial charge in [0.2, 0.25) is 10.0 Å². The number of benzene rings is 1. The molecule has 1 aromatic carbocycles. The van der Waals surface area contributed by atoms with Crippen LogP contribution in [0.25, 0.3) is 0 Å². The number of halogens is 1. The van der Waals surface area contributed by atoms with Gasteiger partial charge in [-0.15, -0.1) is 0 Å². The second kappa shape index (κ2) is 5.48. The molecule has 94 valence electrons. The highest BCUT2D eigenvalue weighted by Gasteiger charge is 2.21. The molecule has 1 fully saturated rings. The fourth-order valence-corrected chi connectivity index (χ4v) is 3.39. The van der Waals surface area contributed by atoms with Crippen LogP contribution in [0.3, 0.4) is 0 Å². The fourth-order valence-electron chi connectivity index (χ4n) is 1.85. The molecular formula is C11H15BrN2O2S. The highest BCUT2D eigenvalue weighted by molar-refractivity contribution is 9.10. The van der Waals surface area contributed by atoms with Crippen LogP contribution < -0.4 is 10.0 Å². The van der Waals surface area contributed by atoms with Gasteiger partial charge >= 0.3 is 0 Å². The Morgan fingerprint density at radius 2 is 2.00 bits per heavy atom. The Hall–Kier alpha value is -0.430. The lowest BCUT2D eigenvalue weighted by Gasteiger charge is -2.23. The second-order valence-corrected chi connectivity index (χ2v) is 6.75. The van der Waals surface area contributed by atoms with E-state index in [0.29, 0.717) is 11.4 Å². The summed E-state index contributed by atoms with van der Waals surface area (Å²) in [6.07, 6.45) is 1.90. The zero-order valence-corrected chi connectivity index (χ0v) is 11.7. The van der Waals surface area contributed by atoms with Crippen molar-refractivity contribution in [2.75, 3.05) is 13.1 Å². The maximum Gasteiger partial charge on any atom is 0.240 e. The number of rotatable bonds is 3. The van der Waals surface area contributed by atoms with E-state index in [2.05, 4.69) is 26.0 Å². The summed E-state index contributed by atoms with van der Waals surface area (Å²) in [5.74, 6) is 0. The maximum atomic E-state index is 12.1. The Morgan fingerprint density at radius 1 is 1.29 bits per heavy atom. The summed E-state index contributed by atoms with van der Waals surface area (Å²) in [7, 11) is -3.39. The molecule has 1 aliphatic heterocycles. The van der Waals surface area contributed by atoms with E-state index >= 15 is 0 Å². The summed E-state index contributed by atoms with van der Waals surface area (Å²) < 4.78 is 27.7. The van der Waals surface area contributed by atoms with Crippen LogP contribution in [0.4, 0.5) is 0 Å². The third-order valence-corrected chi connectivity index (χ3v) is 4.81. The lowest BCUT2D eigenvalue weighted by Crippen LogP contribution is -2.45. The molecule has 0 aromatic heterocycles. The standard InChI is InChI=1S/C11H15BrN2O2S/c12-9-3-5-11(6-4-9)17(15,16)14-10-2-1-7-13-8-10/h3-6,10,13-14H,1-2,7-8H2. The SMILES string of the molecule is O=S(=O)(NC1CCCNC1)c1ccc(Br)cc1. The van der Waals surface area contributed by atoms with E-state index in [0.717, 1.165) is 23.9 Å². The Bertz CT molecular complexity index is 467. The average molecular weight is 319 g/mol. The molecule has 0 amide bonds. The molecule has 0 saturated carbocycles. The highest BCUT2D eigenvalue weighted by Crippen LogP contribution is 2.15. The number of hydrogen-bond donors (Lipinski definition) is 2. The van der Waals surface area contributed by atoms with Gasteiger partial charge in [0, 0.05) is 17.1 Å². The van der Waals surface area contributed by atoms with Crippen molar-refractivity contribution in [1.82, 2.24) is 10.0 Å². The van der Waals surface area contributed by atoms with Crippen LogP contribution in [0.1, 0.15) is 12.8 Å². The molecule has 0 bridgehead atoms. The number of nitrogens with one attached hydrogen (secondary N) is 2. The van der Waals surface area contributed by atoms with E-state index in [4.69, 9.17) is 0 Å². The molecule has 4 nitrogen and oxygen atoms in total. The second-order valence-electron chi connectivity index (χ2n) is 4.12. The predicted octanol–water partition coefficient (Wildman–Crippen LogP) is 1.48. The topological polar surface area (TPSA) is 58.2 Å². The molecule has 1 heterocycles. The van der Waals surface area contributed by atoms with Crippen molar-refractivity contribution in [3.05, 3.63) is 28.7 Å². The number of piperidine rings is 1. The van der Waals surface area contributed by atoms with Crippen molar-refractivity contribution in [2.45, 2.75) is 23.8 Å². The quantitative estimate of drug-likeness (QED) is 0.887. The van der Waals surface area contributed by atoms with Crippen LogP contribution in [-0.2, 0) is 10.0 Å². The largest absolute Gasteiger partial charge is 0.315 e. The number of hydrogen-bond acceptors (Lipinski definition) is 3. The van der Waals surface area contributed by atoms with Crippen LogP contribution in [0.2, 0.25) is 0 Å². The van der Waals surface area contributed by atoms with Crippen LogP contribution in [0, 0.1) is 0 Å². The van der Waals surface area contributed by atoms with Gasteiger partial charge in [0.1, 0.15) is 0 Å². The van der Waals surface area contributed by atoms with Gasteiger partial charge in [-0.3, -0.25) is 0 Å². The van der Waals surface area contributed by atoms with Crippen molar-refractivity contribution in [3.8, 4) is 0 Å². The minimum Gasteiger partial charge on any atom is -0.315 e. The van der Waals surface area contributed by atoms with Gasteiger partial charge in [-0.25, -0.2) is 13.1 Å². The lowest BCUT2D eigenvalue weighted by molar-refractivity contribution is 0.428. The van der Waals surface area contributed by atoms with Crippen LogP contribution in [-0.4, -0.2) is 27.5 Å². The minimum absolute atomic E-state index is 0.00241. The Labute approximate surface area is 110 Å². The lowest BCUT2D eigenvalue weighted by atomic mass is 10.1. The molecule has 1 saturated heterocycles. The van der Waals surface area contributed by atoms with Gasteiger partial charge in [-0.2, -0.15) is 0 Å². The van der Waals surface area contributed by atoms with Gasteiger partial charge in [0.25, 0.3) is 0 Å². The molecule has 1 aliphatic rings. The Balaban J connectivity index is 2.10. The molecule has 2 N–H and O–H groups in total. The summed E-state index contributed by atoms with van der Waals surface area (Å²) in [5, 5.41) is 3.18. The first-order valence-corrected chi connectivity index (χ1v) is 7.84. The summed E-state index contributed by atoms with van der Waals surface area (Å²) >= 11 is 3.29. The van der Waals surface area contributed by atoms with Crippen molar-refractivity contribution in [1.29, 1.82) is 0 Å². The molecular weight excluding hydrogens is 304 g/mol. The Kier molecular flexibility index (Phi) is 4.19.